The van der Waals surface area contributed by atoms with E-state index in [1.165, 1.54) is 0 Å². The minimum atomic E-state index is -0.699. The Morgan fingerprint density at radius 1 is 1.27 bits per heavy atom. The quantitative estimate of drug-likeness (QED) is 0.627. The molecule has 30 heavy (non-hydrogen) atoms. The molecule has 0 amide bonds. The van der Waals surface area contributed by atoms with E-state index in [9.17, 15) is 0 Å². The van der Waals surface area contributed by atoms with Crippen LogP contribution < -0.4 is 30.6 Å². The van der Waals surface area contributed by atoms with Gasteiger partial charge in [0.2, 0.25) is 12.5 Å². The molecule has 2 aliphatic heterocycles. The molecule has 1 atom stereocenters. The van der Waals surface area contributed by atoms with Crippen molar-refractivity contribution in [2.75, 3.05) is 34.5 Å². The highest BCUT2D eigenvalue weighted by atomic mass is 16.7. The van der Waals surface area contributed by atoms with E-state index in [1.54, 1.807) is 7.11 Å². The fraction of sp³-hybridized carbons (Fsp3) is 0.591. The summed E-state index contributed by atoms with van der Waals surface area (Å²) in [5, 5.41) is 7.02. The van der Waals surface area contributed by atoms with Crippen LogP contribution in [0.1, 0.15) is 31.2 Å². The van der Waals surface area contributed by atoms with Crippen LogP contribution in [-0.2, 0) is 6.54 Å². The van der Waals surface area contributed by atoms with E-state index in [4.69, 9.17) is 19.9 Å². The number of rotatable bonds is 7. The number of nitrogens with two attached hydrogens (primary N) is 1. The second-order valence-corrected chi connectivity index (χ2v) is 8.56. The average molecular weight is 416 g/mol. The number of fused-ring (bicyclic) bond motifs is 1. The van der Waals surface area contributed by atoms with E-state index in [0.29, 0.717) is 17.6 Å². The summed E-state index contributed by atoms with van der Waals surface area (Å²) in [6, 6.07) is 4.04. The monoisotopic (exact) mass is 415 g/mol. The van der Waals surface area contributed by atoms with E-state index in [2.05, 4.69) is 15.6 Å². The molecule has 1 aromatic carbocycles. The molecule has 0 radical (unpaired) electrons. The van der Waals surface area contributed by atoms with Gasteiger partial charge in [0.1, 0.15) is 5.82 Å². The number of hydrogen-bond donors (Lipinski definition) is 3. The predicted octanol–water partition coefficient (Wildman–Crippen LogP) is 2.01. The summed E-state index contributed by atoms with van der Waals surface area (Å²) in [5.41, 5.74) is 7.76. The lowest BCUT2D eigenvalue weighted by atomic mass is 9.78. The third-order valence-corrected chi connectivity index (χ3v) is 6.28. The van der Waals surface area contributed by atoms with Crippen molar-refractivity contribution in [2.45, 2.75) is 38.0 Å². The minimum absolute atomic E-state index is 0.249. The molecule has 164 valence electrons. The van der Waals surface area contributed by atoms with Crippen molar-refractivity contribution in [1.82, 2.24) is 15.5 Å². The summed E-state index contributed by atoms with van der Waals surface area (Å²) in [6.07, 6.45) is 8.25. The number of hydrogen-bond acceptors (Lipinski definition) is 8. The molecule has 0 spiro atoms. The van der Waals surface area contributed by atoms with Crippen molar-refractivity contribution in [1.29, 1.82) is 0 Å². The van der Waals surface area contributed by atoms with Gasteiger partial charge in [-0.05, 0) is 61.9 Å². The van der Waals surface area contributed by atoms with Crippen LogP contribution in [0.25, 0.3) is 0 Å². The average Bonchev–Trinajstić information content (AvgIpc) is 3.22. The first kappa shape index (κ1) is 20.8. The van der Waals surface area contributed by atoms with E-state index >= 15 is 0 Å². The van der Waals surface area contributed by atoms with Gasteiger partial charge in [-0.1, -0.05) is 0 Å². The fourth-order valence-corrected chi connectivity index (χ4v) is 4.49. The zero-order chi connectivity index (χ0) is 21.1. The molecule has 0 saturated heterocycles. The first-order chi connectivity index (χ1) is 14.5. The van der Waals surface area contributed by atoms with Crippen molar-refractivity contribution < 1.29 is 14.2 Å². The van der Waals surface area contributed by atoms with Gasteiger partial charge < -0.3 is 29.7 Å². The summed E-state index contributed by atoms with van der Waals surface area (Å²) >= 11 is 0. The molecular weight excluding hydrogens is 382 g/mol. The molecular formula is C22H33N5O3. The molecule has 1 aliphatic carbocycles. The number of methoxy groups -OCH3 is 1. The van der Waals surface area contributed by atoms with Gasteiger partial charge in [0, 0.05) is 32.8 Å². The molecule has 2 heterocycles. The highest BCUT2D eigenvalue weighted by Gasteiger charge is 2.38. The van der Waals surface area contributed by atoms with Crippen LogP contribution in [-0.4, -0.2) is 51.4 Å². The maximum atomic E-state index is 6.63. The maximum absolute atomic E-state index is 6.63. The Hall–Kier alpha value is -2.45. The highest BCUT2D eigenvalue weighted by molar-refractivity contribution is 5.73. The number of ether oxygens (including phenoxy) is 3. The van der Waals surface area contributed by atoms with Gasteiger partial charge in [0.15, 0.2) is 17.3 Å². The Balaban J connectivity index is 1.25. The van der Waals surface area contributed by atoms with Gasteiger partial charge in [0.05, 0.1) is 7.11 Å². The third kappa shape index (κ3) is 4.34. The van der Waals surface area contributed by atoms with Crippen molar-refractivity contribution >= 4 is 6.21 Å². The van der Waals surface area contributed by atoms with Gasteiger partial charge in [-0.15, -0.1) is 0 Å². The summed E-state index contributed by atoms with van der Waals surface area (Å²) in [5.74, 6) is 3.48. The van der Waals surface area contributed by atoms with Crippen LogP contribution in [0.5, 0.6) is 17.2 Å². The second kappa shape index (κ2) is 8.73. The molecule has 1 fully saturated rings. The Bertz CT molecular complexity index is 817. The van der Waals surface area contributed by atoms with Crippen molar-refractivity contribution in [3.8, 4) is 17.2 Å². The molecule has 4 rings (SSSR count). The Kier molecular flexibility index (Phi) is 6.06. The standard InChI is InChI=1S/C22H33N5O3/c1-27(2)20-8-9-25-22(23,26-20)17-6-4-15(5-7-17)12-24-13-16-10-18(28-3)21-19(11-16)29-14-30-21/h8-11,15,17,24,26H,4-7,12-14,23H2,1-3H3. The Morgan fingerprint density at radius 2 is 2.07 bits per heavy atom. The van der Waals surface area contributed by atoms with E-state index in [0.717, 1.165) is 61.7 Å². The second-order valence-electron chi connectivity index (χ2n) is 8.56. The van der Waals surface area contributed by atoms with Crippen molar-refractivity contribution in [3.63, 3.8) is 0 Å². The van der Waals surface area contributed by atoms with Crippen LogP contribution in [0, 0.1) is 11.8 Å². The zero-order valence-corrected chi connectivity index (χ0v) is 18.1. The maximum Gasteiger partial charge on any atom is 0.231 e. The van der Waals surface area contributed by atoms with Crippen LogP contribution in [0.15, 0.2) is 29.0 Å². The lowest BCUT2D eigenvalue weighted by molar-refractivity contribution is 0.146. The van der Waals surface area contributed by atoms with Crippen molar-refractivity contribution in [3.05, 3.63) is 29.6 Å². The molecule has 0 bridgehead atoms. The molecule has 4 N–H and O–H groups in total. The SMILES string of the molecule is COc1cc(CNCC2CCC(C3(N)N=CC=C(N(C)C)N3)CC2)cc2c1OCO2. The highest BCUT2D eigenvalue weighted by Crippen LogP contribution is 2.42. The van der Waals surface area contributed by atoms with E-state index in [-0.39, 0.29) is 6.79 Å². The van der Waals surface area contributed by atoms with Gasteiger partial charge in [-0.25, -0.2) is 0 Å². The Labute approximate surface area is 178 Å². The van der Waals surface area contributed by atoms with Crippen LogP contribution >= 0.6 is 0 Å². The van der Waals surface area contributed by atoms with Crippen LogP contribution in [0.4, 0.5) is 0 Å². The van der Waals surface area contributed by atoms with E-state index < -0.39 is 5.79 Å². The molecule has 8 heteroatoms. The summed E-state index contributed by atoms with van der Waals surface area (Å²) in [4.78, 5) is 6.61. The molecule has 0 aromatic heterocycles. The van der Waals surface area contributed by atoms with Crippen molar-refractivity contribution in [2.24, 2.45) is 22.6 Å². The van der Waals surface area contributed by atoms with Crippen LogP contribution in [0.2, 0.25) is 0 Å². The fourth-order valence-electron chi connectivity index (χ4n) is 4.49. The number of allylic oxidation sites excluding steroid dienone is 1. The number of nitrogens with one attached hydrogen (secondary N) is 2. The minimum Gasteiger partial charge on any atom is -0.493 e. The lowest BCUT2D eigenvalue weighted by Gasteiger charge is -2.42. The predicted molar refractivity (Wildman–Crippen MR) is 117 cm³/mol. The first-order valence-corrected chi connectivity index (χ1v) is 10.7. The number of aliphatic imine (C=N–C) groups is 1. The van der Waals surface area contributed by atoms with E-state index in [1.807, 2.05) is 43.4 Å². The summed E-state index contributed by atoms with van der Waals surface area (Å²) < 4.78 is 16.4. The molecule has 8 nitrogen and oxygen atoms in total. The zero-order valence-electron chi connectivity index (χ0n) is 18.1. The van der Waals surface area contributed by atoms with Gasteiger partial charge in [-0.3, -0.25) is 10.7 Å². The first-order valence-electron chi connectivity index (χ1n) is 10.7. The normalized spacial score (nSPS) is 27.4. The molecule has 1 unspecified atom stereocenters. The van der Waals surface area contributed by atoms with Gasteiger partial charge in [0.25, 0.3) is 0 Å². The molecule has 3 aliphatic rings. The van der Waals surface area contributed by atoms with Crippen LogP contribution in [0.3, 0.4) is 0 Å². The topological polar surface area (TPSA) is 93.4 Å². The Morgan fingerprint density at radius 3 is 2.80 bits per heavy atom. The molecule has 1 saturated carbocycles. The smallest absolute Gasteiger partial charge is 0.231 e. The third-order valence-electron chi connectivity index (χ3n) is 6.28. The number of benzene rings is 1. The largest absolute Gasteiger partial charge is 0.493 e. The lowest BCUT2D eigenvalue weighted by Crippen LogP contribution is -2.60. The molecule has 1 aromatic rings. The summed E-state index contributed by atoms with van der Waals surface area (Å²) in [7, 11) is 5.67. The van der Waals surface area contributed by atoms with Gasteiger partial charge in [-0.2, -0.15) is 0 Å². The number of nitrogens with zero attached hydrogens (tertiary/aromatic N) is 2. The van der Waals surface area contributed by atoms with Gasteiger partial charge >= 0.3 is 0 Å². The summed E-state index contributed by atoms with van der Waals surface area (Å²) in [6.45, 7) is 2.01.